The Hall–Kier alpha value is -1.14. The van der Waals surface area contributed by atoms with Crippen LogP contribution in [-0.2, 0) is 0 Å². The third-order valence-electron chi connectivity index (χ3n) is 4.24. The predicted molar refractivity (Wildman–Crippen MR) is 76.5 cm³/mol. The van der Waals surface area contributed by atoms with E-state index in [2.05, 4.69) is 28.9 Å². The minimum Gasteiger partial charge on any atom is -0.364 e. The largest absolute Gasteiger partial charge is 0.364 e. The van der Waals surface area contributed by atoms with Gasteiger partial charge in [0.1, 0.15) is 5.69 Å². The maximum Gasteiger partial charge on any atom is 0.268 e. The van der Waals surface area contributed by atoms with Crippen LogP contribution in [0.5, 0.6) is 0 Å². The zero-order chi connectivity index (χ0) is 13.6. The van der Waals surface area contributed by atoms with E-state index in [9.17, 15) is 4.79 Å². The number of amides is 1. The number of anilines is 1. The van der Waals surface area contributed by atoms with Crippen LogP contribution < -0.4 is 10.6 Å². The summed E-state index contributed by atoms with van der Waals surface area (Å²) < 4.78 is 0. The molecule has 5 nitrogen and oxygen atoms in total. The van der Waals surface area contributed by atoms with Crippen molar-refractivity contribution >= 4 is 22.4 Å². The van der Waals surface area contributed by atoms with Crippen LogP contribution in [0, 0.1) is 11.8 Å². The molecule has 2 fully saturated rings. The Labute approximate surface area is 117 Å². The van der Waals surface area contributed by atoms with E-state index in [1.807, 2.05) is 0 Å². The van der Waals surface area contributed by atoms with Crippen LogP contribution >= 0.6 is 11.3 Å². The second-order valence-electron chi connectivity index (χ2n) is 5.82. The van der Waals surface area contributed by atoms with Crippen LogP contribution in [0.1, 0.15) is 23.3 Å². The maximum atomic E-state index is 11.1. The number of aromatic nitrogens is 1. The molecule has 6 heteroatoms. The Morgan fingerprint density at radius 1 is 1.47 bits per heavy atom. The summed E-state index contributed by atoms with van der Waals surface area (Å²) in [7, 11) is 4.31. The zero-order valence-corrected chi connectivity index (χ0v) is 12.2. The lowest BCUT2D eigenvalue weighted by molar-refractivity contribution is 0.0996. The van der Waals surface area contributed by atoms with Crippen LogP contribution in [0.25, 0.3) is 0 Å². The quantitative estimate of drug-likeness (QED) is 0.894. The Bertz CT molecular complexity index is 473. The van der Waals surface area contributed by atoms with Crippen molar-refractivity contribution in [3.05, 3.63) is 11.1 Å². The zero-order valence-electron chi connectivity index (χ0n) is 11.4. The van der Waals surface area contributed by atoms with Gasteiger partial charge in [0.15, 0.2) is 5.13 Å². The molecule has 1 aliphatic carbocycles. The van der Waals surface area contributed by atoms with Gasteiger partial charge in [-0.1, -0.05) is 0 Å². The molecule has 1 aliphatic heterocycles. The van der Waals surface area contributed by atoms with Gasteiger partial charge >= 0.3 is 0 Å². The molecule has 0 unspecified atom stereocenters. The predicted octanol–water partition coefficient (Wildman–Crippen LogP) is 1.02. The molecule has 2 N–H and O–H groups in total. The summed E-state index contributed by atoms with van der Waals surface area (Å²) in [6, 6.07) is 0.591. The number of carbonyl (C=O) groups excluding carboxylic acids is 1. The average Bonchev–Trinajstić information content (AvgIpc) is 2.93. The molecule has 0 radical (unpaired) electrons. The Balaban J connectivity index is 1.76. The van der Waals surface area contributed by atoms with E-state index in [0.717, 1.165) is 30.1 Å². The molecular weight excluding hydrogens is 260 g/mol. The topological polar surface area (TPSA) is 62.5 Å². The van der Waals surface area contributed by atoms with Gasteiger partial charge in [-0.15, -0.1) is 11.3 Å². The van der Waals surface area contributed by atoms with Crippen molar-refractivity contribution in [1.29, 1.82) is 0 Å². The molecule has 19 heavy (non-hydrogen) atoms. The molecule has 2 aliphatic rings. The minimum absolute atomic E-state index is 0.385. The number of hydrogen-bond donors (Lipinski definition) is 1. The number of carbonyl (C=O) groups is 1. The number of thiazole rings is 1. The number of primary amides is 1. The number of nitrogens with two attached hydrogens (primary N) is 1. The van der Waals surface area contributed by atoms with Crippen LogP contribution in [-0.4, -0.2) is 49.0 Å². The molecule has 0 spiro atoms. The lowest BCUT2D eigenvalue weighted by Gasteiger charge is -2.24. The molecule has 3 rings (SSSR count). The summed E-state index contributed by atoms with van der Waals surface area (Å²) >= 11 is 1.52. The van der Waals surface area contributed by atoms with Gasteiger partial charge in [-0.2, -0.15) is 0 Å². The fourth-order valence-corrected chi connectivity index (χ4v) is 3.86. The van der Waals surface area contributed by atoms with E-state index >= 15 is 0 Å². The van der Waals surface area contributed by atoms with E-state index in [-0.39, 0.29) is 0 Å². The van der Waals surface area contributed by atoms with Crippen molar-refractivity contribution in [2.45, 2.75) is 18.9 Å². The first-order valence-corrected chi connectivity index (χ1v) is 7.61. The van der Waals surface area contributed by atoms with E-state index < -0.39 is 5.91 Å². The third kappa shape index (κ3) is 2.47. The van der Waals surface area contributed by atoms with Crippen molar-refractivity contribution < 1.29 is 4.79 Å². The lowest BCUT2D eigenvalue weighted by atomic mass is 9.97. The molecule has 104 valence electrons. The van der Waals surface area contributed by atoms with Crippen LogP contribution in [0.15, 0.2) is 5.38 Å². The lowest BCUT2D eigenvalue weighted by Crippen LogP contribution is -2.36. The van der Waals surface area contributed by atoms with E-state index in [4.69, 9.17) is 5.73 Å². The van der Waals surface area contributed by atoms with Gasteiger partial charge in [0.05, 0.1) is 0 Å². The van der Waals surface area contributed by atoms with Crippen LogP contribution in [0.2, 0.25) is 0 Å². The van der Waals surface area contributed by atoms with Crippen molar-refractivity contribution in [3.63, 3.8) is 0 Å². The van der Waals surface area contributed by atoms with E-state index in [1.54, 1.807) is 5.38 Å². The summed E-state index contributed by atoms with van der Waals surface area (Å²) in [5.74, 6) is 1.17. The van der Waals surface area contributed by atoms with Gasteiger partial charge in [0, 0.05) is 24.5 Å². The first kappa shape index (κ1) is 12.9. The van der Waals surface area contributed by atoms with Crippen molar-refractivity contribution in [1.82, 2.24) is 9.88 Å². The second-order valence-corrected chi connectivity index (χ2v) is 6.65. The first-order chi connectivity index (χ1) is 9.06. The normalized spacial score (nSPS) is 27.2. The molecule has 1 aromatic heterocycles. The molecule has 0 aromatic carbocycles. The highest BCUT2D eigenvalue weighted by Gasteiger charge is 2.43. The Morgan fingerprint density at radius 3 is 2.74 bits per heavy atom. The average molecular weight is 280 g/mol. The van der Waals surface area contributed by atoms with E-state index in [0.29, 0.717) is 11.7 Å². The van der Waals surface area contributed by atoms with E-state index in [1.165, 1.54) is 24.2 Å². The SMILES string of the molecule is CN(C)[C@H]1CN(c2nc(C(N)=O)cs2)C[C@@H]1C1CC1. The highest BCUT2D eigenvalue weighted by molar-refractivity contribution is 7.13. The third-order valence-corrected chi connectivity index (χ3v) is 5.14. The summed E-state index contributed by atoms with van der Waals surface area (Å²) in [6.07, 6.45) is 2.74. The Morgan fingerprint density at radius 2 is 2.21 bits per heavy atom. The van der Waals surface area contributed by atoms with Gasteiger partial charge in [-0.25, -0.2) is 4.98 Å². The van der Waals surface area contributed by atoms with Crippen molar-refractivity contribution in [2.24, 2.45) is 17.6 Å². The minimum atomic E-state index is -0.440. The monoisotopic (exact) mass is 280 g/mol. The standard InChI is InChI=1S/C13H20N4OS/c1-16(2)11-6-17(5-9(11)8-3-4-8)13-15-10(7-19-13)12(14)18/h7-9,11H,3-6H2,1-2H3,(H2,14,18)/t9-,11+/m1/s1. The summed E-state index contributed by atoms with van der Waals surface area (Å²) in [4.78, 5) is 20.1. The van der Waals surface area contributed by atoms with Gasteiger partial charge in [0.2, 0.25) is 0 Å². The molecule has 1 saturated heterocycles. The number of nitrogens with zero attached hydrogens (tertiary/aromatic N) is 3. The molecule has 0 bridgehead atoms. The molecule has 1 saturated carbocycles. The van der Waals surface area contributed by atoms with Crippen molar-refractivity contribution in [2.75, 3.05) is 32.1 Å². The highest BCUT2D eigenvalue weighted by Crippen LogP contribution is 2.43. The highest BCUT2D eigenvalue weighted by atomic mass is 32.1. The summed E-state index contributed by atoms with van der Waals surface area (Å²) in [5.41, 5.74) is 5.65. The number of rotatable bonds is 4. The smallest absolute Gasteiger partial charge is 0.268 e. The summed E-state index contributed by atoms with van der Waals surface area (Å²) in [5, 5.41) is 2.69. The van der Waals surface area contributed by atoms with Crippen LogP contribution in [0.4, 0.5) is 5.13 Å². The molecule has 1 aromatic rings. The fourth-order valence-electron chi connectivity index (χ4n) is 3.02. The fraction of sp³-hybridized carbons (Fsp3) is 0.692. The number of likely N-dealkylation sites (N-methyl/N-ethyl adjacent to an activating group) is 1. The van der Waals surface area contributed by atoms with Crippen molar-refractivity contribution in [3.8, 4) is 0 Å². The van der Waals surface area contributed by atoms with Gasteiger partial charge in [0.25, 0.3) is 5.91 Å². The molecule has 2 atom stereocenters. The Kier molecular flexibility index (Phi) is 3.22. The van der Waals surface area contributed by atoms with Gasteiger partial charge in [-0.05, 0) is 38.8 Å². The molecule has 1 amide bonds. The first-order valence-electron chi connectivity index (χ1n) is 6.73. The van der Waals surface area contributed by atoms with Gasteiger partial charge < -0.3 is 15.5 Å². The second kappa shape index (κ2) is 4.76. The van der Waals surface area contributed by atoms with Crippen LogP contribution in [0.3, 0.4) is 0 Å². The number of hydrogen-bond acceptors (Lipinski definition) is 5. The summed E-state index contributed by atoms with van der Waals surface area (Å²) in [6.45, 7) is 2.05. The maximum absolute atomic E-state index is 11.1. The molecular formula is C13H20N4OS. The van der Waals surface area contributed by atoms with Gasteiger partial charge in [-0.3, -0.25) is 4.79 Å². The molecule has 2 heterocycles.